The average molecular weight is 246 g/mol. The van der Waals surface area contributed by atoms with E-state index in [1.807, 2.05) is 45.2 Å². The van der Waals surface area contributed by atoms with E-state index < -0.39 is 0 Å². The Morgan fingerprint density at radius 2 is 2.17 bits per heavy atom. The molecule has 0 spiro atoms. The van der Waals surface area contributed by atoms with Crippen molar-refractivity contribution in [3.05, 3.63) is 41.7 Å². The van der Waals surface area contributed by atoms with E-state index in [0.717, 1.165) is 17.0 Å². The van der Waals surface area contributed by atoms with Crippen molar-refractivity contribution in [2.45, 2.75) is 26.0 Å². The Morgan fingerprint density at radius 3 is 2.78 bits per heavy atom. The van der Waals surface area contributed by atoms with Crippen molar-refractivity contribution in [3.63, 3.8) is 0 Å². The van der Waals surface area contributed by atoms with Crippen molar-refractivity contribution >= 4 is 0 Å². The highest BCUT2D eigenvalue weighted by Gasteiger charge is 2.15. The number of benzene rings is 1. The van der Waals surface area contributed by atoms with Gasteiger partial charge >= 0.3 is 0 Å². The van der Waals surface area contributed by atoms with Crippen LogP contribution in [0.5, 0.6) is 5.75 Å². The second-order valence-corrected chi connectivity index (χ2v) is 4.36. The van der Waals surface area contributed by atoms with E-state index in [-0.39, 0.29) is 12.1 Å². The lowest BCUT2D eigenvalue weighted by Crippen LogP contribution is -2.18. The number of hydrogen-bond acceptors (Lipinski definition) is 4. The minimum absolute atomic E-state index is 0.0134. The molecular weight excluding hydrogens is 228 g/mol. The van der Waals surface area contributed by atoms with Crippen LogP contribution in [-0.2, 0) is 0 Å². The molecule has 5 heteroatoms. The van der Waals surface area contributed by atoms with Crippen molar-refractivity contribution in [1.29, 1.82) is 0 Å². The van der Waals surface area contributed by atoms with Gasteiger partial charge in [-0.05, 0) is 38.6 Å². The maximum absolute atomic E-state index is 5.70. The van der Waals surface area contributed by atoms with Gasteiger partial charge in [0.2, 0.25) is 0 Å². The number of hydrogen-bond donors (Lipinski definition) is 2. The third kappa shape index (κ3) is 2.87. The molecule has 2 N–H and O–H groups in total. The lowest BCUT2D eigenvalue weighted by atomic mass is 10.0. The number of aromatic amines is 1. The number of nitrogens with zero attached hydrogens (tertiary/aromatic N) is 2. The SMILES string of the molecule is CNC(c1cccc(OC(C)C)c1)c1cn[nH]n1. The number of H-pyrrole nitrogens is 1. The van der Waals surface area contributed by atoms with Gasteiger partial charge in [-0.3, -0.25) is 0 Å². The fourth-order valence-corrected chi connectivity index (χ4v) is 1.87. The van der Waals surface area contributed by atoms with Crippen LogP contribution in [-0.4, -0.2) is 28.6 Å². The number of aromatic nitrogens is 3. The highest BCUT2D eigenvalue weighted by Crippen LogP contribution is 2.23. The Balaban J connectivity index is 2.26. The highest BCUT2D eigenvalue weighted by atomic mass is 16.5. The third-order valence-electron chi connectivity index (χ3n) is 2.58. The van der Waals surface area contributed by atoms with Crippen molar-refractivity contribution in [3.8, 4) is 5.75 Å². The molecule has 0 radical (unpaired) electrons. The summed E-state index contributed by atoms with van der Waals surface area (Å²) in [7, 11) is 1.90. The minimum atomic E-state index is 0.0134. The van der Waals surface area contributed by atoms with E-state index in [9.17, 15) is 0 Å². The Morgan fingerprint density at radius 1 is 1.33 bits per heavy atom. The molecule has 1 aromatic carbocycles. The standard InChI is InChI=1S/C13H18N4O/c1-9(2)18-11-6-4-5-10(7-11)13(14-3)12-8-15-17-16-12/h4-9,13-14H,1-3H3,(H,15,16,17). The lowest BCUT2D eigenvalue weighted by Gasteiger charge is -2.16. The fraction of sp³-hybridized carbons (Fsp3) is 0.385. The molecule has 2 rings (SSSR count). The molecule has 1 unspecified atom stereocenters. The first-order valence-corrected chi connectivity index (χ1v) is 6.00. The first-order valence-electron chi connectivity index (χ1n) is 6.00. The van der Waals surface area contributed by atoms with Crippen LogP contribution < -0.4 is 10.1 Å². The second kappa shape index (κ2) is 5.64. The van der Waals surface area contributed by atoms with Gasteiger partial charge in [0.05, 0.1) is 18.3 Å². The summed E-state index contributed by atoms with van der Waals surface area (Å²) in [5, 5.41) is 13.8. The molecule has 0 aliphatic heterocycles. The Labute approximate surface area is 107 Å². The molecule has 0 bridgehead atoms. The monoisotopic (exact) mass is 246 g/mol. The normalized spacial score (nSPS) is 12.7. The Bertz CT molecular complexity index is 481. The first kappa shape index (κ1) is 12.6. The zero-order chi connectivity index (χ0) is 13.0. The van der Waals surface area contributed by atoms with Gasteiger partial charge in [0.1, 0.15) is 11.4 Å². The predicted molar refractivity (Wildman–Crippen MR) is 69.5 cm³/mol. The van der Waals surface area contributed by atoms with E-state index in [0.29, 0.717) is 0 Å². The zero-order valence-corrected chi connectivity index (χ0v) is 10.8. The van der Waals surface area contributed by atoms with Crippen molar-refractivity contribution in [2.75, 3.05) is 7.05 Å². The number of ether oxygens (including phenoxy) is 1. The van der Waals surface area contributed by atoms with E-state index in [1.54, 1.807) is 6.20 Å². The summed E-state index contributed by atoms with van der Waals surface area (Å²) in [5.41, 5.74) is 1.96. The quantitative estimate of drug-likeness (QED) is 0.845. The smallest absolute Gasteiger partial charge is 0.120 e. The Kier molecular flexibility index (Phi) is 3.94. The summed E-state index contributed by atoms with van der Waals surface area (Å²) in [6, 6.07) is 8.02. The molecule has 0 amide bonds. The zero-order valence-electron chi connectivity index (χ0n) is 10.8. The molecule has 0 aliphatic rings. The summed E-state index contributed by atoms with van der Waals surface area (Å²) in [6.45, 7) is 4.03. The van der Waals surface area contributed by atoms with Gasteiger partial charge in [-0.25, -0.2) is 0 Å². The van der Waals surface area contributed by atoms with Crippen LogP contribution in [0.25, 0.3) is 0 Å². The minimum Gasteiger partial charge on any atom is -0.491 e. The van der Waals surface area contributed by atoms with Crippen molar-refractivity contribution < 1.29 is 4.74 Å². The summed E-state index contributed by atoms with van der Waals surface area (Å²) in [6.07, 6.45) is 1.89. The molecular formula is C13H18N4O. The topological polar surface area (TPSA) is 62.8 Å². The molecule has 0 aliphatic carbocycles. The molecule has 1 aromatic heterocycles. The molecule has 2 aromatic rings. The summed E-state index contributed by atoms with van der Waals surface area (Å²) >= 11 is 0. The van der Waals surface area contributed by atoms with Crippen LogP contribution in [0.2, 0.25) is 0 Å². The molecule has 5 nitrogen and oxygen atoms in total. The molecule has 0 saturated heterocycles. The fourth-order valence-electron chi connectivity index (χ4n) is 1.87. The maximum atomic E-state index is 5.70. The first-order chi connectivity index (χ1) is 8.70. The van der Waals surface area contributed by atoms with Crippen LogP contribution in [0.4, 0.5) is 0 Å². The van der Waals surface area contributed by atoms with E-state index in [2.05, 4.69) is 20.7 Å². The maximum Gasteiger partial charge on any atom is 0.120 e. The van der Waals surface area contributed by atoms with Gasteiger partial charge in [-0.2, -0.15) is 15.4 Å². The van der Waals surface area contributed by atoms with Crippen LogP contribution in [0.3, 0.4) is 0 Å². The third-order valence-corrected chi connectivity index (χ3v) is 2.58. The van der Waals surface area contributed by atoms with E-state index >= 15 is 0 Å². The van der Waals surface area contributed by atoms with Gasteiger partial charge in [0, 0.05) is 0 Å². The van der Waals surface area contributed by atoms with Crippen LogP contribution in [0, 0.1) is 0 Å². The summed E-state index contributed by atoms with van der Waals surface area (Å²) in [5.74, 6) is 0.867. The van der Waals surface area contributed by atoms with Crippen molar-refractivity contribution in [1.82, 2.24) is 20.7 Å². The molecule has 1 atom stereocenters. The van der Waals surface area contributed by atoms with Crippen LogP contribution >= 0.6 is 0 Å². The van der Waals surface area contributed by atoms with Gasteiger partial charge in [0.25, 0.3) is 0 Å². The summed E-state index contributed by atoms with van der Waals surface area (Å²) < 4.78 is 5.70. The van der Waals surface area contributed by atoms with E-state index in [1.165, 1.54) is 0 Å². The molecule has 0 saturated carbocycles. The van der Waals surface area contributed by atoms with Gasteiger partial charge in [-0.1, -0.05) is 12.1 Å². The van der Waals surface area contributed by atoms with E-state index in [4.69, 9.17) is 4.74 Å². The molecule has 1 heterocycles. The number of rotatable bonds is 5. The summed E-state index contributed by atoms with van der Waals surface area (Å²) in [4.78, 5) is 0. The highest BCUT2D eigenvalue weighted by molar-refractivity contribution is 5.34. The van der Waals surface area contributed by atoms with Crippen LogP contribution in [0.1, 0.15) is 31.1 Å². The number of nitrogens with one attached hydrogen (secondary N) is 2. The van der Waals surface area contributed by atoms with Gasteiger partial charge in [-0.15, -0.1) is 0 Å². The molecule has 96 valence electrons. The predicted octanol–water partition coefficient (Wildman–Crippen LogP) is 1.90. The lowest BCUT2D eigenvalue weighted by molar-refractivity contribution is 0.242. The van der Waals surface area contributed by atoms with Gasteiger partial charge < -0.3 is 10.1 Å². The van der Waals surface area contributed by atoms with Crippen molar-refractivity contribution in [2.24, 2.45) is 0 Å². The van der Waals surface area contributed by atoms with Gasteiger partial charge in [0.15, 0.2) is 0 Å². The molecule has 0 fully saturated rings. The van der Waals surface area contributed by atoms with Crippen LogP contribution in [0.15, 0.2) is 30.5 Å². The Hall–Kier alpha value is -1.88. The molecule has 18 heavy (non-hydrogen) atoms. The largest absolute Gasteiger partial charge is 0.491 e. The second-order valence-electron chi connectivity index (χ2n) is 4.36. The average Bonchev–Trinajstić information content (AvgIpc) is 2.83.